The van der Waals surface area contributed by atoms with Crippen molar-refractivity contribution in [3.05, 3.63) is 71.3 Å². The van der Waals surface area contributed by atoms with E-state index in [1.54, 1.807) is 24.3 Å². The molecule has 1 atom stereocenters. The molecule has 1 unspecified atom stereocenters. The van der Waals surface area contributed by atoms with Gasteiger partial charge in [-0.15, -0.1) is 0 Å². The average Bonchev–Trinajstić information content (AvgIpc) is 2.56. The largest absolute Gasteiger partial charge is 0.467 e. The SMILES string of the molecule is COC(=O)C(OCc1ccccc1)c1cccc(C#N)c1. The fourth-order valence-electron chi connectivity index (χ4n) is 1.93. The lowest BCUT2D eigenvalue weighted by atomic mass is 10.1. The van der Waals surface area contributed by atoms with E-state index in [4.69, 9.17) is 14.7 Å². The highest BCUT2D eigenvalue weighted by Gasteiger charge is 2.22. The van der Waals surface area contributed by atoms with Crippen LogP contribution < -0.4 is 0 Å². The molecule has 0 radical (unpaired) electrons. The maximum atomic E-state index is 11.9. The Bertz CT molecular complexity index is 647. The van der Waals surface area contributed by atoms with E-state index in [0.29, 0.717) is 11.1 Å². The number of hydrogen-bond donors (Lipinski definition) is 0. The molecule has 0 heterocycles. The number of benzene rings is 2. The molecule has 0 aromatic heterocycles. The van der Waals surface area contributed by atoms with Crippen LogP contribution in [0.1, 0.15) is 22.8 Å². The second-order valence-electron chi connectivity index (χ2n) is 4.44. The second-order valence-corrected chi connectivity index (χ2v) is 4.44. The number of carbonyl (C=O) groups is 1. The lowest BCUT2D eigenvalue weighted by molar-refractivity contribution is -0.155. The number of hydrogen-bond acceptors (Lipinski definition) is 4. The molecule has 0 saturated carbocycles. The molecule has 21 heavy (non-hydrogen) atoms. The quantitative estimate of drug-likeness (QED) is 0.790. The Labute approximate surface area is 123 Å². The van der Waals surface area contributed by atoms with Gasteiger partial charge >= 0.3 is 5.97 Å². The van der Waals surface area contributed by atoms with Crippen molar-refractivity contribution in [3.8, 4) is 6.07 Å². The normalized spacial score (nSPS) is 11.4. The van der Waals surface area contributed by atoms with E-state index < -0.39 is 12.1 Å². The van der Waals surface area contributed by atoms with Crippen molar-refractivity contribution in [1.82, 2.24) is 0 Å². The Morgan fingerprint density at radius 1 is 1.19 bits per heavy atom. The summed E-state index contributed by atoms with van der Waals surface area (Å²) in [6.07, 6.45) is -0.844. The molecule has 0 saturated heterocycles. The van der Waals surface area contributed by atoms with E-state index in [2.05, 4.69) is 0 Å². The molecular formula is C17H15NO3. The van der Waals surface area contributed by atoms with Gasteiger partial charge in [-0.05, 0) is 23.3 Å². The van der Waals surface area contributed by atoms with Crippen LogP contribution in [-0.4, -0.2) is 13.1 Å². The zero-order chi connectivity index (χ0) is 15.1. The van der Waals surface area contributed by atoms with Gasteiger partial charge < -0.3 is 9.47 Å². The molecule has 0 spiro atoms. The first-order chi connectivity index (χ1) is 10.2. The number of ether oxygens (including phenoxy) is 2. The lowest BCUT2D eigenvalue weighted by Crippen LogP contribution is -2.17. The van der Waals surface area contributed by atoms with Crippen LogP contribution in [0.4, 0.5) is 0 Å². The Morgan fingerprint density at radius 3 is 2.62 bits per heavy atom. The molecule has 4 heteroatoms. The minimum Gasteiger partial charge on any atom is -0.467 e. The Hall–Kier alpha value is -2.64. The number of nitriles is 1. The molecule has 2 aromatic carbocycles. The Kier molecular flexibility index (Phi) is 5.08. The highest BCUT2D eigenvalue weighted by Crippen LogP contribution is 2.21. The molecule has 0 N–H and O–H groups in total. The minimum absolute atomic E-state index is 0.289. The number of nitrogens with zero attached hydrogens (tertiary/aromatic N) is 1. The fourth-order valence-corrected chi connectivity index (χ4v) is 1.93. The van der Waals surface area contributed by atoms with Crippen molar-refractivity contribution < 1.29 is 14.3 Å². The van der Waals surface area contributed by atoms with Crippen molar-refractivity contribution >= 4 is 5.97 Å². The van der Waals surface area contributed by atoms with Gasteiger partial charge in [0, 0.05) is 0 Å². The van der Waals surface area contributed by atoms with E-state index in [0.717, 1.165) is 5.56 Å². The zero-order valence-electron chi connectivity index (χ0n) is 11.7. The molecule has 0 fully saturated rings. The summed E-state index contributed by atoms with van der Waals surface area (Å²) >= 11 is 0. The monoisotopic (exact) mass is 281 g/mol. The first kappa shape index (κ1) is 14.8. The zero-order valence-corrected chi connectivity index (χ0v) is 11.7. The van der Waals surface area contributed by atoms with Crippen LogP contribution in [0.15, 0.2) is 54.6 Å². The minimum atomic E-state index is -0.844. The molecule has 2 rings (SSSR count). The summed E-state index contributed by atoms with van der Waals surface area (Å²) in [4.78, 5) is 11.9. The van der Waals surface area contributed by atoms with Gasteiger partial charge in [0.15, 0.2) is 6.10 Å². The van der Waals surface area contributed by atoms with Crippen LogP contribution in [0, 0.1) is 11.3 Å². The summed E-state index contributed by atoms with van der Waals surface area (Å²) in [5, 5.41) is 8.94. The van der Waals surface area contributed by atoms with Crippen LogP contribution in [0.25, 0.3) is 0 Å². The number of methoxy groups -OCH3 is 1. The number of rotatable bonds is 5. The van der Waals surface area contributed by atoms with Crippen LogP contribution in [-0.2, 0) is 20.9 Å². The molecule has 106 valence electrons. The van der Waals surface area contributed by atoms with E-state index in [-0.39, 0.29) is 6.61 Å². The first-order valence-electron chi connectivity index (χ1n) is 6.48. The molecule has 2 aromatic rings. The molecule has 0 bridgehead atoms. The molecule has 0 aliphatic rings. The summed E-state index contributed by atoms with van der Waals surface area (Å²) in [5.41, 5.74) is 2.05. The third-order valence-electron chi connectivity index (χ3n) is 2.99. The fraction of sp³-hybridized carbons (Fsp3) is 0.176. The molecule has 4 nitrogen and oxygen atoms in total. The number of esters is 1. The van der Waals surface area contributed by atoms with Gasteiger partial charge in [0.1, 0.15) is 0 Å². The van der Waals surface area contributed by atoms with Gasteiger partial charge in [0.05, 0.1) is 25.3 Å². The van der Waals surface area contributed by atoms with Crippen molar-refractivity contribution in [1.29, 1.82) is 5.26 Å². The van der Waals surface area contributed by atoms with Gasteiger partial charge in [-0.1, -0.05) is 42.5 Å². The van der Waals surface area contributed by atoms with Crippen molar-refractivity contribution in [3.63, 3.8) is 0 Å². The highest BCUT2D eigenvalue weighted by atomic mass is 16.6. The van der Waals surface area contributed by atoms with E-state index in [1.165, 1.54) is 7.11 Å². The van der Waals surface area contributed by atoms with Gasteiger partial charge in [-0.25, -0.2) is 4.79 Å². The molecule has 0 aliphatic heterocycles. The molecule has 0 amide bonds. The van der Waals surface area contributed by atoms with Gasteiger partial charge in [0.2, 0.25) is 0 Å². The Morgan fingerprint density at radius 2 is 1.95 bits per heavy atom. The second kappa shape index (κ2) is 7.22. The predicted octanol–water partition coefficient (Wildman–Crippen LogP) is 2.99. The van der Waals surface area contributed by atoms with E-state index in [1.807, 2.05) is 36.4 Å². The topological polar surface area (TPSA) is 59.3 Å². The maximum Gasteiger partial charge on any atom is 0.339 e. The van der Waals surface area contributed by atoms with Crippen molar-refractivity contribution in [2.24, 2.45) is 0 Å². The summed E-state index contributed by atoms with van der Waals surface area (Å²) in [7, 11) is 1.31. The van der Waals surface area contributed by atoms with Gasteiger partial charge in [-0.2, -0.15) is 5.26 Å². The highest BCUT2D eigenvalue weighted by molar-refractivity contribution is 5.76. The van der Waals surface area contributed by atoms with Crippen LogP contribution in [0.2, 0.25) is 0 Å². The maximum absolute atomic E-state index is 11.9. The van der Waals surface area contributed by atoms with E-state index >= 15 is 0 Å². The van der Waals surface area contributed by atoms with Crippen LogP contribution in [0.5, 0.6) is 0 Å². The van der Waals surface area contributed by atoms with Gasteiger partial charge in [0.25, 0.3) is 0 Å². The third kappa shape index (κ3) is 3.91. The summed E-state index contributed by atoms with van der Waals surface area (Å²) < 4.78 is 10.5. The summed E-state index contributed by atoms with van der Waals surface area (Å²) in [6.45, 7) is 0.289. The van der Waals surface area contributed by atoms with Crippen LogP contribution in [0.3, 0.4) is 0 Å². The smallest absolute Gasteiger partial charge is 0.339 e. The summed E-state index contributed by atoms with van der Waals surface area (Å²) in [5.74, 6) is -0.485. The lowest BCUT2D eigenvalue weighted by Gasteiger charge is -2.16. The predicted molar refractivity (Wildman–Crippen MR) is 77.1 cm³/mol. The van der Waals surface area contributed by atoms with Crippen molar-refractivity contribution in [2.45, 2.75) is 12.7 Å². The molecule has 0 aliphatic carbocycles. The molecular weight excluding hydrogens is 266 g/mol. The van der Waals surface area contributed by atoms with Gasteiger partial charge in [-0.3, -0.25) is 0 Å². The van der Waals surface area contributed by atoms with E-state index in [9.17, 15) is 4.79 Å². The summed E-state index contributed by atoms with van der Waals surface area (Å²) in [6, 6.07) is 18.4. The standard InChI is InChI=1S/C17H15NO3/c1-20-17(19)16(15-9-5-8-14(10-15)11-18)21-12-13-6-3-2-4-7-13/h2-10,16H,12H2,1H3. The average molecular weight is 281 g/mol. The van der Waals surface area contributed by atoms with Crippen LogP contribution >= 0.6 is 0 Å². The number of carbonyl (C=O) groups excluding carboxylic acids is 1. The first-order valence-corrected chi connectivity index (χ1v) is 6.48. The Balaban J connectivity index is 2.18. The third-order valence-corrected chi connectivity index (χ3v) is 2.99. The van der Waals surface area contributed by atoms with Crippen molar-refractivity contribution in [2.75, 3.05) is 7.11 Å².